The molecule has 124 valence electrons. The van der Waals surface area contributed by atoms with Crippen molar-refractivity contribution in [2.45, 2.75) is 72.1 Å². The maximum absolute atomic E-state index is 3.68. The average Bonchev–Trinajstić information content (AvgIpc) is 2.47. The summed E-state index contributed by atoms with van der Waals surface area (Å²) in [5, 5.41) is 3.68. The summed E-state index contributed by atoms with van der Waals surface area (Å²) in [5.74, 6) is 2.08. The molecule has 21 heavy (non-hydrogen) atoms. The number of likely N-dealkylation sites (tertiary alicyclic amines) is 1. The molecule has 1 aliphatic carbocycles. The van der Waals surface area contributed by atoms with Gasteiger partial charge in [0.25, 0.3) is 0 Å². The first-order valence-electron chi connectivity index (χ1n) is 9.60. The smallest absolute Gasteiger partial charge is 0.00476 e. The first kappa shape index (κ1) is 17.3. The van der Waals surface area contributed by atoms with Crippen LogP contribution in [0.25, 0.3) is 0 Å². The van der Waals surface area contributed by atoms with Gasteiger partial charge in [0.2, 0.25) is 0 Å². The Balaban J connectivity index is 1.84. The maximum Gasteiger partial charge on any atom is 0.00476 e. The quantitative estimate of drug-likeness (QED) is 0.671. The highest BCUT2D eigenvalue weighted by molar-refractivity contribution is 4.87. The summed E-state index contributed by atoms with van der Waals surface area (Å²) in [7, 11) is 0. The molecular weight excluding hydrogens is 256 g/mol. The molecule has 0 amide bonds. The van der Waals surface area contributed by atoms with E-state index in [0.29, 0.717) is 5.41 Å². The van der Waals surface area contributed by atoms with Gasteiger partial charge < -0.3 is 10.2 Å². The van der Waals surface area contributed by atoms with Gasteiger partial charge in [0, 0.05) is 19.6 Å². The molecule has 1 N–H and O–H groups in total. The molecule has 1 heterocycles. The van der Waals surface area contributed by atoms with E-state index < -0.39 is 0 Å². The van der Waals surface area contributed by atoms with Gasteiger partial charge >= 0.3 is 0 Å². The summed E-state index contributed by atoms with van der Waals surface area (Å²) in [6.07, 6.45) is 11.4. The van der Waals surface area contributed by atoms with Crippen LogP contribution in [0.3, 0.4) is 0 Å². The molecule has 0 bridgehead atoms. The number of fused-ring (bicyclic) bond motifs is 1. The standard InChI is InChI=1S/C19H38N2/c1-4-11-19(3,15-20-12-5-2)16-21-13-10-17-8-6-7-9-18(17)14-21/h17-18,20H,4-16H2,1-3H3. The second-order valence-electron chi connectivity index (χ2n) is 8.07. The van der Waals surface area contributed by atoms with Crippen LogP contribution in [0.2, 0.25) is 0 Å². The predicted octanol–water partition coefficient (Wildman–Crippen LogP) is 4.30. The lowest BCUT2D eigenvalue weighted by molar-refractivity contribution is 0.0530. The van der Waals surface area contributed by atoms with Gasteiger partial charge in [-0.25, -0.2) is 0 Å². The van der Waals surface area contributed by atoms with Crippen molar-refractivity contribution in [1.82, 2.24) is 10.2 Å². The number of nitrogens with one attached hydrogen (secondary N) is 1. The van der Waals surface area contributed by atoms with Crippen molar-refractivity contribution < 1.29 is 0 Å². The van der Waals surface area contributed by atoms with E-state index >= 15 is 0 Å². The van der Waals surface area contributed by atoms with E-state index in [2.05, 4.69) is 31.0 Å². The molecule has 3 unspecified atom stereocenters. The molecule has 0 aromatic carbocycles. The second kappa shape index (κ2) is 8.53. The molecule has 2 fully saturated rings. The van der Waals surface area contributed by atoms with E-state index in [0.717, 1.165) is 11.8 Å². The first-order valence-corrected chi connectivity index (χ1v) is 9.60. The van der Waals surface area contributed by atoms with Gasteiger partial charge in [0.1, 0.15) is 0 Å². The zero-order valence-electron chi connectivity index (χ0n) is 14.8. The Kier molecular flexibility index (Phi) is 7.01. The summed E-state index contributed by atoms with van der Waals surface area (Å²) in [6, 6.07) is 0. The topological polar surface area (TPSA) is 15.3 Å². The zero-order valence-corrected chi connectivity index (χ0v) is 14.8. The largest absolute Gasteiger partial charge is 0.316 e. The fourth-order valence-corrected chi connectivity index (χ4v) is 4.75. The second-order valence-corrected chi connectivity index (χ2v) is 8.07. The van der Waals surface area contributed by atoms with Gasteiger partial charge in [0.05, 0.1) is 0 Å². The van der Waals surface area contributed by atoms with E-state index in [1.807, 2.05) is 0 Å². The van der Waals surface area contributed by atoms with Crippen LogP contribution in [0.15, 0.2) is 0 Å². The van der Waals surface area contributed by atoms with Crippen LogP contribution in [0.4, 0.5) is 0 Å². The van der Waals surface area contributed by atoms with E-state index in [9.17, 15) is 0 Å². The van der Waals surface area contributed by atoms with Crippen LogP contribution >= 0.6 is 0 Å². The highest BCUT2D eigenvalue weighted by Gasteiger charge is 2.34. The minimum atomic E-state index is 0.464. The van der Waals surface area contributed by atoms with Crippen molar-refractivity contribution in [2.75, 3.05) is 32.7 Å². The van der Waals surface area contributed by atoms with Crippen molar-refractivity contribution in [1.29, 1.82) is 0 Å². The normalized spacial score (nSPS) is 29.9. The van der Waals surface area contributed by atoms with E-state index in [1.165, 1.54) is 84.1 Å². The molecule has 2 heteroatoms. The molecule has 3 atom stereocenters. The number of nitrogens with zero attached hydrogens (tertiary/aromatic N) is 1. The fraction of sp³-hybridized carbons (Fsp3) is 1.00. The van der Waals surface area contributed by atoms with Crippen LogP contribution in [0.5, 0.6) is 0 Å². The summed E-state index contributed by atoms with van der Waals surface area (Å²) in [6.45, 7) is 13.5. The molecule has 2 aliphatic rings. The highest BCUT2D eigenvalue weighted by atomic mass is 15.1. The average molecular weight is 295 g/mol. The molecular formula is C19H38N2. The molecule has 0 aromatic rings. The van der Waals surface area contributed by atoms with Gasteiger partial charge in [0.15, 0.2) is 0 Å². The van der Waals surface area contributed by atoms with Crippen molar-refractivity contribution in [2.24, 2.45) is 17.3 Å². The highest BCUT2D eigenvalue weighted by Crippen LogP contribution is 2.37. The van der Waals surface area contributed by atoms with E-state index in [1.54, 1.807) is 0 Å². The Morgan fingerprint density at radius 1 is 1.05 bits per heavy atom. The minimum Gasteiger partial charge on any atom is -0.316 e. The van der Waals surface area contributed by atoms with Crippen molar-refractivity contribution >= 4 is 0 Å². The molecule has 0 spiro atoms. The molecule has 1 saturated carbocycles. The summed E-state index contributed by atoms with van der Waals surface area (Å²) in [5.41, 5.74) is 0.464. The van der Waals surface area contributed by atoms with Crippen LogP contribution < -0.4 is 5.32 Å². The number of rotatable bonds is 8. The van der Waals surface area contributed by atoms with E-state index in [4.69, 9.17) is 0 Å². The maximum atomic E-state index is 3.68. The Bertz CT molecular complexity index is 291. The summed E-state index contributed by atoms with van der Waals surface area (Å²) >= 11 is 0. The monoisotopic (exact) mass is 294 g/mol. The lowest BCUT2D eigenvalue weighted by Crippen LogP contribution is -2.48. The number of hydrogen-bond acceptors (Lipinski definition) is 2. The first-order chi connectivity index (χ1) is 10.2. The van der Waals surface area contributed by atoms with Gasteiger partial charge in [-0.1, -0.05) is 46.5 Å². The van der Waals surface area contributed by atoms with Gasteiger partial charge in [-0.2, -0.15) is 0 Å². The Morgan fingerprint density at radius 3 is 2.52 bits per heavy atom. The van der Waals surface area contributed by atoms with Crippen molar-refractivity contribution in [3.8, 4) is 0 Å². The number of hydrogen-bond donors (Lipinski definition) is 1. The van der Waals surface area contributed by atoms with Crippen LogP contribution in [0.1, 0.15) is 72.1 Å². The molecule has 1 saturated heterocycles. The predicted molar refractivity (Wildman–Crippen MR) is 92.7 cm³/mol. The molecule has 2 rings (SSSR count). The molecule has 2 nitrogen and oxygen atoms in total. The van der Waals surface area contributed by atoms with Gasteiger partial charge in [-0.15, -0.1) is 0 Å². The van der Waals surface area contributed by atoms with Gasteiger partial charge in [-0.05, 0) is 56.0 Å². The molecule has 0 aromatic heterocycles. The lowest BCUT2D eigenvalue weighted by Gasteiger charge is -2.44. The van der Waals surface area contributed by atoms with Gasteiger partial charge in [-0.3, -0.25) is 0 Å². The third-order valence-corrected chi connectivity index (χ3v) is 5.81. The molecule has 0 radical (unpaired) electrons. The van der Waals surface area contributed by atoms with Crippen molar-refractivity contribution in [3.63, 3.8) is 0 Å². The van der Waals surface area contributed by atoms with Crippen molar-refractivity contribution in [3.05, 3.63) is 0 Å². The van der Waals surface area contributed by atoms with Crippen LogP contribution in [-0.4, -0.2) is 37.6 Å². The fourth-order valence-electron chi connectivity index (χ4n) is 4.75. The third-order valence-electron chi connectivity index (χ3n) is 5.81. The Morgan fingerprint density at radius 2 is 1.81 bits per heavy atom. The lowest BCUT2D eigenvalue weighted by atomic mass is 9.74. The molecule has 1 aliphatic heterocycles. The van der Waals surface area contributed by atoms with E-state index in [-0.39, 0.29) is 0 Å². The Hall–Kier alpha value is -0.0800. The minimum absolute atomic E-state index is 0.464. The van der Waals surface area contributed by atoms with Crippen LogP contribution in [0, 0.1) is 17.3 Å². The summed E-state index contributed by atoms with van der Waals surface area (Å²) in [4.78, 5) is 2.80. The van der Waals surface area contributed by atoms with Crippen LogP contribution in [-0.2, 0) is 0 Å². The Labute approximate surface area is 133 Å². The SMILES string of the molecule is CCCNCC(C)(CCC)CN1CCC2CCCCC2C1. The third kappa shape index (κ3) is 5.25. The zero-order chi connectivity index (χ0) is 15.1. The summed E-state index contributed by atoms with van der Waals surface area (Å²) < 4.78 is 0. The number of piperidine rings is 1.